The molecular weight excluding hydrogens is 467 g/mol. The van der Waals surface area contributed by atoms with Crippen molar-refractivity contribution in [1.82, 2.24) is 0 Å². The van der Waals surface area contributed by atoms with E-state index in [-0.39, 0.29) is 119 Å². The van der Waals surface area contributed by atoms with E-state index in [9.17, 15) is 0 Å². The molecule has 0 spiro atoms. The van der Waals surface area contributed by atoms with Crippen LogP contribution in [0, 0.1) is 0 Å². The molecule has 0 saturated carbocycles. The molecule has 0 aromatic heterocycles. The predicted octanol–water partition coefficient (Wildman–Crippen LogP) is 0.257. The summed E-state index contributed by atoms with van der Waals surface area (Å²) >= 11 is 0. The monoisotopic (exact) mass is 470 g/mol. The molecule has 0 aliphatic rings. The Hall–Kier alpha value is 4.23. The standard InChI is InChI=1S/AsH3.Ga.2In.3P/h1H3;;;;;;/q;3*+3;3*-3. The summed E-state index contributed by atoms with van der Waals surface area (Å²) in [4.78, 5) is 0. The second-order valence-electron chi connectivity index (χ2n) is 0. The maximum Gasteiger partial charge on any atom is 3.00 e. The first-order valence-corrected chi connectivity index (χ1v) is 0. The van der Waals surface area contributed by atoms with Gasteiger partial charge in [0.15, 0.2) is 0 Å². The van der Waals surface area contributed by atoms with Gasteiger partial charge in [-0.25, -0.2) is 0 Å². The molecule has 0 N–H and O–H groups in total. The van der Waals surface area contributed by atoms with Crippen molar-refractivity contribution >= 4 is 119 Å². The minimum atomic E-state index is 0. The second kappa shape index (κ2) is 48.7. The van der Waals surface area contributed by atoms with Crippen LogP contribution >= 0.6 is 29.7 Å². The Bertz CT molecular complexity index is 12.9. The van der Waals surface area contributed by atoms with Gasteiger partial charge in [0.25, 0.3) is 0 Å². The number of rotatable bonds is 0. The van der Waals surface area contributed by atoms with Crippen LogP contribution in [0.25, 0.3) is 0 Å². The molecular formula is H3AsGaIn2P3. The molecule has 7 heavy (non-hydrogen) atoms. The van der Waals surface area contributed by atoms with Gasteiger partial charge in [-0.3, -0.25) is 0 Å². The second-order valence-corrected chi connectivity index (χ2v) is 0. The zero-order valence-corrected chi connectivity index (χ0v) is 18.4. The van der Waals surface area contributed by atoms with Crippen molar-refractivity contribution in [2.75, 3.05) is 0 Å². The summed E-state index contributed by atoms with van der Waals surface area (Å²) in [6, 6.07) is 0. The molecule has 0 radical (unpaired) electrons. The van der Waals surface area contributed by atoms with Crippen LogP contribution in [0.5, 0.6) is 0 Å². The van der Waals surface area contributed by atoms with Crippen LogP contribution in [0.4, 0.5) is 0 Å². The van der Waals surface area contributed by atoms with E-state index < -0.39 is 0 Å². The molecule has 1 unspecified atom stereocenters. The van der Waals surface area contributed by atoms with Crippen LogP contribution in [-0.2, 0) is 0 Å². The SMILES string of the molecule is [AsH3].[Ga+3].[In+3].[In+3].[P-3].[P-3].[P-3]. The quantitative estimate of drug-likeness (QED) is 0.352. The first-order valence-electron chi connectivity index (χ1n) is 0. The molecule has 0 fully saturated rings. The molecule has 0 rings (SSSR count). The molecule has 0 aromatic carbocycles. The van der Waals surface area contributed by atoms with E-state index in [0.717, 1.165) is 0 Å². The van der Waals surface area contributed by atoms with E-state index >= 15 is 0 Å². The van der Waals surface area contributed by atoms with E-state index in [0.29, 0.717) is 0 Å². The fourth-order valence-electron chi connectivity index (χ4n) is 0. The van der Waals surface area contributed by atoms with Crippen LogP contribution in [0.2, 0.25) is 0 Å². The smallest absolute Gasteiger partial charge is 3.00 e. The van der Waals surface area contributed by atoms with E-state index in [4.69, 9.17) is 0 Å². The fourth-order valence-corrected chi connectivity index (χ4v) is 0. The van der Waals surface area contributed by atoms with Gasteiger partial charge in [-0.15, -0.1) is 0 Å². The van der Waals surface area contributed by atoms with Gasteiger partial charge in [0.2, 0.25) is 0 Å². The van der Waals surface area contributed by atoms with Gasteiger partial charge in [0, 0.05) is 0 Å². The first kappa shape index (κ1) is 65.7. The third kappa shape index (κ3) is 38.8. The average molecular weight is 470 g/mol. The first-order chi connectivity index (χ1) is 0. The summed E-state index contributed by atoms with van der Waals surface area (Å²) in [7, 11) is 0. The van der Waals surface area contributed by atoms with E-state index in [2.05, 4.69) is 0 Å². The van der Waals surface area contributed by atoms with Gasteiger partial charge < -0.3 is 29.7 Å². The minimum Gasteiger partial charge on any atom is -3.00 e. The zero-order valence-electron chi connectivity index (χ0n) is 3.78. The molecule has 0 amide bonds. The van der Waals surface area contributed by atoms with Crippen LogP contribution in [-0.4, -0.2) is 89.4 Å². The molecule has 0 aliphatic heterocycles. The molecule has 0 aromatic rings. The Labute approximate surface area is 117 Å². The largest absolute Gasteiger partial charge is 3.00 e. The van der Waals surface area contributed by atoms with Crippen molar-refractivity contribution in [3.8, 4) is 0 Å². The number of hydrogen-bond donors (Lipinski definition) is 0. The van der Waals surface area contributed by atoms with Crippen molar-refractivity contribution in [1.29, 1.82) is 0 Å². The van der Waals surface area contributed by atoms with Crippen molar-refractivity contribution in [3.63, 3.8) is 0 Å². The third-order valence-corrected chi connectivity index (χ3v) is 0. The van der Waals surface area contributed by atoms with Crippen LogP contribution in [0.3, 0.4) is 0 Å². The molecule has 0 bridgehead atoms. The van der Waals surface area contributed by atoms with Gasteiger partial charge in [0.05, 0.1) is 0 Å². The summed E-state index contributed by atoms with van der Waals surface area (Å²) in [5.74, 6) is 0. The topological polar surface area (TPSA) is 0 Å². The summed E-state index contributed by atoms with van der Waals surface area (Å²) < 4.78 is 0. The normalized spacial score (nSPS) is 0. The van der Waals surface area contributed by atoms with Crippen LogP contribution < -0.4 is 0 Å². The Balaban J connectivity index is 0. The Kier molecular flexibility index (Phi) is 458. The van der Waals surface area contributed by atoms with Crippen LogP contribution in [0.15, 0.2) is 0 Å². The molecule has 0 saturated heterocycles. The zero-order chi connectivity index (χ0) is 0. The Morgan fingerprint density at radius 3 is 0.571 bits per heavy atom. The maximum absolute atomic E-state index is 0. The third-order valence-electron chi connectivity index (χ3n) is 0. The maximum atomic E-state index is 0. The van der Waals surface area contributed by atoms with Crippen molar-refractivity contribution < 1.29 is 0 Å². The van der Waals surface area contributed by atoms with Crippen LogP contribution in [0.1, 0.15) is 0 Å². The molecule has 1 atom stereocenters. The van der Waals surface area contributed by atoms with Gasteiger partial charge >= 0.3 is 89.4 Å². The van der Waals surface area contributed by atoms with Crippen molar-refractivity contribution in [2.45, 2.75) is 0 Å². The fraction of sp³-hybridized carbons (Fsp3) is 0. The van der Waals surface area contributed by atoms with Gasteiger partial charge in [-0.1, -0.05) is 0 Å². The van der Waals surface area contributed by atoms with Gasteiger partial charge in [-0.2, -0.15) is 0 Å². The van der Waals surface area contributed by atoms with E-state index in [1.807, 2.05) is 0 Å². The minimum absolute atomic E-state index is 0. The molecule has 7 heteroatoms. The summed E-state index contributed by atoms with van der Waals surface area (Å²) in [6.45, 7) is 0. The number of hydrogen-bond acceptors (Lipinski definition) is 0. The molecule has 0 aliphatic carbocycles. The summed E-state index contributed by atoms with van der Waals surface area (Å²) in [5.41, 5.74) is 0. The Morgan fingerprint density at radius 2 is 0.571 bits per heavy atom. The van der Waals surface area contributed by atoms with Crippen molar-refractivity contribution in [2.24, 2.45) is 0 Å². The van der Waals surface area contributed by atoms with E-state index in [1.54, 1.807) is 0 Å². The van der Waals surface area contributed by atoms with Gasteiger partial charge in [-0.05, 0) is 0 Å². The van der Waals surface area contributed by atoms with Crippen molar-refractivity contribution in [3.05, 3.63) is 0 Å². The molecule has 0 heterocycles. The summed E-state index contributed by atoms with van der Waals surface area (Å²) in [6.07, 6.45) is 0. The molecule has 0 nitrogen and oxygen atoms in total. The molecule has 32 valence electrons. The predicted molar refractivity (Wildman–Crippen MR) is 48.0 cm³/mol. The average Bonchev–Trinajstić information content (AvgIpc) is 0. The van der Waals surface area contributed by atoms with E-state index in [1.165, 1.54) is 0 Å². The Morgan fingerprint density at radius 1 is 0.571 bits per heavy atom. The van der Waals surface area contributed by atoms with Gasteiger partial charge in [0.1, 0.15) is 0 Å². The summed E-state index contributed by atoms with van der Waals surface area (Å²) in [5, 5.41) is 0.